The molecule has 184 valence electrons. The van der Waals surface area contributed by atoms with Crippen LogP contribution < -0.4 is 10.2 Å². The zero-order valence-corrected chi connectivity index (χ0v) is 20.4. The Kier molecular flexibility index (Phi) is 5.92. The number of anilines is 2. The van der Waals surface area contributed by atoms with Crippen molar-refractivity contribution in [3.05, 3.63) is 72.2 Å². The Balaban J connectivity index is 1.47. The SMILES string of the molecule is COC(=O)Nc1ccc(-c2cnc3ccc(C(=O)N4CCCc5cc(S(C)(=O)=O)ccc54)cn23)cn1. The smallest absolute Gasteiger partial charge is 0.412 e. The number of hydrogen-bond acceptors (Lipinski definition) is 7. The number of amides is 2. The number of ether oxygens (including phenoxy) is 1. The number of nitrogens with zero attached hydrogens (tertiary/aromatic N) is 4. The number of nitrogens with one attached hydrogen (secondary N) is 1. The molecule has 2 amide bonds. The molecule has 0 radical (unpaired) electrons. The minimum Gasteiger partial charge on any atom is -0.453 e. The molecule has 0 bridgehead atoms. The van der Waals surface area contributed by atoms with E-state index < -0.39 is 15.9 Å². The zero-order chi connectivity index (χ0) is 25.4. The standard InChI is InChI=1S/C25H23N5O5S/c1-35-25(32)28-22-9-5-17(13-26-22)21-14-27-23-10-6-18(15-30(21)23)24(31)29-11-3-4-16-12-19(36(2,33)34)7-8-20(16)29/h5-10,12-15H,3-4,11H2,1-2H3,(H,26,28,32). The summed E-state index contributed by atoms with van der Waals surface area (Å²) >= 11 is 0. The molecule has 0 spiro atoms. The average Bonchev–Trinajstić information content (AvgIpc) is 3.30. The molecule has 5 rings (SSSR count). The fraction of sp³-hybridized carbons (Fsp3) is 0.200. The third-order valence-corrected chi connectivity index (χ3v) is 7.18. The summed E-state index contributed by atoms with van der Waals surface area (Å²) in [5.41, 5.74) is 4.18. The van der Waals surface area contributed by atoms with Crippen LogP contribution >= 0.6 is 0 Å². The largest absolute Gasteiger partial charge is 0.453 e. The maximum atomic E-state index is 13.5. The quantitative estimate of drug-likeness (QED) is 0.450. The van der Waals surface area contributed by atoms with E-state index in [9.17, 15) is 18.0 Å². The number of sulfone groups is 1. The molecule has 0 atom stereocenters. The molecular formula is C25H23N5O5S. The van der Waals surface area contributed by atoms with Crippen LogP contribution in [0.3, 0.4) is 0 Å². The Bertz CT molecular complexity index is 1600. The first-order valence-electron chi connectivity index (χ1n) is 11.2. The highest BCUT2D eigenvalue weighted by molar-refractivity contribution is 7.90. The van der Waals surface area contributed by atoms with Gasteiger partial charge in [-0.05, 0) is 60.9 Å². The van der Waals surface area contributed by atoms with Crippen LogP contribution in [0.4, 0.5) is 16.3 Å². The van der Waals surface area contributed by atoms with Crippen LogP contribution in [0.1, 0.15) is 22.3 Å². The van der Waals surface area contributed by atoms with Gasteiger partial charge in [-0.1, -0.05) is 0 Å². The van der Waals surface area contributed by atoms with E-state index in [0.29, 0.717) is 30.0 Å². The normalized spacial score (nSPS) is 13.3. The Labute approximate surface area is 207 Å². The van der Waals surface area contributed by atoms with Crippen LogP contribution in [0.15, 0.2) is 66.0 Å². The Morgan fingerprint density at radius 3 is 2.61 bits per heavy atom. The van der Waals surface area contributed by atoms with Gasteiger partial charge in [-0.15, -0.1) is 0 Å². The predicted octanol–water partition coefficient (Wildman–Crippen LogP) is 3.57. The van der Waals surface area contributed by atoms with Gasteiger partial charge in [0.25, 0.3) is 5.91 Å². The molecule has 0 saturated carbocycles. The topological polar surface area (TPSA) is 123 Å². The molecule has 1 aliphatic heterocycles. The number of carbonyl (C=O) groups excluding carboxylic acids is 2. The van der Waals surface area contributed by atoms with Crippen molar-refractivity contribution in [2.24, 2.45) is 0 Å². The number of methoxy groups -OCH3 is 1. The van der Waals surface area contributed by atoms with Gasteiger partial charge in [-0.25, -0.2) is 23.2 Å². The summed E-state index contributed by atoms with van der Waals surface area (Å²) in [6.45, 7) is 0.539. The van der Waals surface area contributed by atoms with E-state index in [4.69, 9.17) is 0 Å². The third kappa shape index (κ3) is 4.40. The molecule has 1 aromatic carbocycles. The first kappa shape index (κ1) is 23.5. The number of hydrogen-bond donors (Lipinski definition) is 1. The molecule has 3 aromatic heterocycles. The average molecular weight is 506 g/mol. The summed E-state index contributed by atoms with van der Waals surface area (Å²) < 4.78 is 30.3. The molecule has 0 aliphatic carbocycles. The van der Waals surface area contributed by atoms with Gasteiger partial charge >= 0.3 is 6.09 Å². The Morgan fingerprint density at radius 2 is 1.89 bits per heavy atom. The van der Waals surface area contributed by atoms with Crippen LogP contribution in [-0.2, 0) is 21.0 Å². The predicted molar refractivity (Wildman–Crippen MR) is 134 cm³/mol. The van der Waals surface area contributed by atoms with Crippen LogP contribution in [0.25, 0.3) is 16.9 Å². The van der Waals surface area contributed by atoms with E-state index in [2.05, 4.69) is 20.0 Å². The maximum absolute atomic E-state index is 13.5. The molecule has 10 nitrogen and oxygen atoms in total. The molecule has 11 heteroatoms. The maximum Gasteiger partial charge on any atom is 0.412 e. The van der Waals surface area contributed by atoms with Gasteiger partial charge in [0, 0.05) is 36.4 Å². The number of fused-ring (bicyclic) bond motifs is 2. The number of aromatic nitrogens is 3. The van der Waals surface area contributed by atoms with Gasteiger partial charge in [-0.2, -0.15) is 0 Å². The van der Waals surface area contributed by atoms with Gasteiger partial charge in [0.05, 0.1) is 29.5 Å². The molecule has 0 fully saturated rings. The lowest BCUT2D eigenvalue weighted by Crippen LogP contribution is -2.35. The fourth-order valence-electron chi connectivity index (χ4n) is 4.27. The first-order valence-corrected chi connectivity index (χ1v) is 13.1. The molecule has 1 aliphatic rings. The van der Waals surface area contributed by atoms with E-state index in [1.54, 1.807) is 66.0 Å². The highest BCUT2D eigenvalue weighted by Crippen LogP contribution is 2.31. The number of aryl methyl sites for hydroxylation is 1. The van der Waals surface area contributed by atoms with Crippen molar-refractivity contribution in [1.82, 2.24) is 14.4 Å². The van der Waals surface area contributed by atoms with Crippen molar-refractivity contribution in [1.29, 1.82) is 0 Å². The fourth-order valence-corrected chi connectivity index (χ4v) is 4.94. The van der Waals surface area contributed by atoms with Crippen molar-refractivity contribution in [3.8, 4) is 11.3 Å². The zero-order valence-electron chi connectivity index (χ0n) is 19.6. The number of imidazole rings is 1. The third-order valence-electron chi connectivity index (χ3n) is 6.07. The Morgan fingerprint density at radius 1 is 1.06 bits per heavy atom. The second-order valence-corrected chi connectivity index (χ2v) is 10.5. The Hall–Kier alpha value is -4.25. The van der Waals surface area contributed by atoms with Gasteiger partial charge in [-0.3, -0.25) is 14.5 Å². The molecular weight excluding hydrogens is 482 g/mol. The van der Waals surface area contributed by atoms with Gasteiger partial charge in [0.2, 0.25) is 0 Å². The van der Waals surface area contributed by atoms with Crippen LogP contribution in [0.5, 0.6) is 0 Å². The summed E-state index contributed by atoms with van der Waals surface area (Å²) in [4.78, 5) is 35.5. The molecule has 0 unspecified atom stereocenters. The van der Waals surface area contributed by atoms with Crippen molar-refractivity contribution in [2.45, 2.75) is 17.7 Å². The van der Waals surface area contributed by atoms with Crippen molar-refractivity contribution in [2.75, 3.05) is 30.1 Å². The molecule has 1 N–H and O–H groups in total. The summed E-state index contributed by atoms with van der Waals surface area (Å²) in [6.07, 6.45) is 7.04. The van der Waals surface area contributed by atoms with Gasteiger partial charge in [0.1, 0.15) is 11.5 Å². The molecule has 36 heavy (non-hydrogen) atoms. The lowest BCUT2D eigenvalue weighted by molar-refractivity contribution is 0.0984. The van der Waals surface area contributed by atoms with Gasteiger partial charge in [0.15, 0.2) is 9.84 Å². The van der Waals surface area contributed by atoms with Gasteiger partial charge < -0.3 is 9.64 Å². The van der Waals surface area contributed by atoms with E-state index in [-0.39, 0.29) is 10.8 Å². The monoisotopic (exact) mass is 505 g/mol. The van der Waals surface area contributed by atoms with E-state index in [1.165, 1.54) is 13.4 Å². The lowest BCUT2D eigenvalue weighted by atomic mass is 10.0. The minimum absolute atomic E-state index is 0.180. The molecule has 0 saturated heterocycles. The summed E-state index contributed by atoms with van der Waals surface area (Å²) in [6, 6.07) is 11.9. The second-order valence-electron chi connectivity index (χ2n) is 8.46. The molecule has 4 aromatic rings. The highest BCUT2D eigenvalue weighted by atomic mass is 32.2. The van der Waals surface area contributed by atoms with Crippen molar-refractivity contribution < 1.29 is 22.7 Å². The van der Waals surface area contributed by atoms with E-state index >= 15 is 0 Å². The minimum atomic E-state index is -3.33. The summed E-state index contributed by atoms with van der Waals surface area (Å²) in [7, 11) is -2.06. The van der Waals surface area contributed by atoms with Crippen molar-refractivity contribution >= 4 is 39.0 Å². The van der Waals surface area contributed by atoms with Crippen LogP contribution in [-0.4, -0.2) is 54.7 Å². The molecule has 4 heterocycles. The second kappa shape index (κ2) is 9.08. The number of carbonyl (C=O) groups is 2. The number of pyridine rings is 2. The van der Waals surface area contributed by atoms with Crippen LogP contribution in [0.2, 0.25) is 0 Å². The van der Waals surface area contributed by atoms with E-state index in [0.717, 1.165) is 28.9 Å². The number of rotatable bonds is 4. The van der Waals surface area contributed by atoms with Crippen molar-refractivity contribution in [3.63, 3.8) is 0 Å². The highest BCUT2D eigenvalue weighted by Gasteiger charge is 2.25. The number of benzene rings is 1. The summed E-state index contributed by atoms with van der Waals surface area (Å²) in [5, 5.41) is 2.50. The lowest BCUT2D eigenvalue weighted by Gasteiger charge is -2.30. The first-order chi connectivity index (χ1) is 17.2. The van der Waals surface area contributed by atoms with E-state index in [1.807, 2.05) is 4.40 Å². The van der Waals surface area contributed by atoms with Crippen LogP contribution in [0, 0.1) is 0 Å². The summed E-state index contributed by atoms with van der Waals surface area (Å²) in [5.74, 6) is 0.165.